The number of nitro benzene ring substituents is 1. The van der Waals surface area contributed by atoms with Gasteiger partial charge in [-0.3, -0.25) is 14.9 Å². The molecule has 0 aliphatic carbocycles. The van der Waals surface area contributed by atoms with Crippen LogP contribution in [0.4, 0.5) is 5.69 Å². The van der Waals surface area contributed by atoms with Crippen LogP contribution >= 0.6 is 12.4 Å². The van der Waals surface area contributed by atoms with Gasteiger partial charge in [-0.1, -0.05) is 0 Å². The number of nitrogens with zero attached hydrogens (tertiary/aromatic N) is 2. The maximum atomic E-state index is 12.4. The smallest absolute Gasteiger partial charge is 0.311 e. The Labute approximate surface area is 128 Å². The number of hydrogen-bond donors (Lipinski definition) is 1. The van der Waals surface area contributed by atoms with Gasteiger partial charge in [-0.15, -0.1) is 12.4 Å². The minimum atomic E-state index is -0.546. The number of carbonyl (C=O) groups is 1. The van der Waals surface area contributed by atoms with E-state index in [-0.39, 0.29) is 35.8 Å². The molecule has 0 saturated carbocycles. The van der Waals surface area contributed by atoms with Crippen molar-refractivity contribution in [3.63, 3.8) is 0 Å². The molecule has 7 nitrogen and oxygen atoms in total. The third-order valence-electron chi connectivity index (χ3n) is 3.28. The van der Waals surface area contributed by atoms with Gasteiger partial charge in [0.1, 0.15) is 0 Å². The Bertz CT molecular complexity index is 538. The van der Waals surface area contributed by atoms with Gasteiger partial charge >= 0.3 is 5.69 Å². The molecule has 1 heterocycles. The quantitative estimate of drug-likeness (QED) is 0.674. The number of halogens is 1. The van der Waals surface area contributed by atoms with Gasteiger partial charge in [0.05, 0.1) is 12.0 Å². The van der Waals surface area contributed by atoms with E-state index in [1.165, 1.54) is 19.2 Å². The van der Waals surface area contributed by atoms with Crippen LogP contribution in [0.2, 0.25) is 0 Å². The van der Waals surface area contributed by atoms with Crippen LogP contribution in [0.15, 0.2) is 18.2 Å². The maximum absolute atomic E-state index is 12.4. The Morgan fingerprint density at radius 2 is 2.24 bits per heavy atom. The Morgan fingerprint density at radius 1 is 1.52 bits per heavy atom. The zero-order valence-electron chi connectivity index (χ0n) is 11.9. The van der Waals surface area contributed by atoms with Crippen molar-refractivity contribution in [1.82, 2.24) is 10.2 Å². The molecule has 1 aromatic carbocycles. The highest BCUT2D eigenvalue weighted by atomic mass is 35.5. The summed E-state index contributed by atoms with van der Waals surface area (Å²) in [4.78, 5) is 24.5. The molecule has 2 rings (SSSR count). The third kappa shape index (κ3) is 3.83. The van der Waals surface area contributed by atoms with Gasteiger partial charge in [-0.25, -0.2) is 0 Å². The van der Waals surface area contributed by atoms with E-state index in [0.717, 1.165) is 6.54 Å². The second-order valence-corrected chi connectivity index (χ2v) is 4.75. The molecule has 1 N–H and O–H groups in total. The maximum Gasteiger partial charge on any atom is 0.311 e. The number of methoxy groups -OCH3 is 1. The van der Waals surface area contributed by atoms with Crippen LogP contribution in [0.3, 0.4) is 0 Å². The second kappa shape index (κ2) is 7.24. The molecule has 1 fully saturated rings. The van der Waals surface area contributed by atoms with Crippen LogP contribution in [-0.4, -0.2) is 48.5 Å². The third-order valence-corrected chi connectivity index (χ3v) is 3.28. The molecule has 8 heteroatoms. The molecule has 1 aromatic rings. The predicted octanol–water partition coefficient (Wildman–Crippen LogP) is 1.46. The minimum absolute atomic E-state index is 0. The zero-order chi connectivity index (χ0) is 14.7. The van der Waals surface area contributed by atoms with E-state index in [2.05, 4.69) is 5.32 Å². The van der Waals surface area contributed by atoms with Gasteiger partial charge in [0.25, 0.3) is 5.91 Å². The van der Waals surface area contributed by atoms with E-state index in [4.69, 9.17) is 4.74 Å². The van der Waals surface area contributed by atoms with Gasteiger partial charge in [0.2, 0.25) is 0 Å². The molecule has 1 unspecified atom stereocenters. The Hall–Kier alpha value is -1.86. The molecular formula is C13H18ClN3O4. The normalized spacial score (nSPS) is 17.8. The summed E-state index contributed by atoms with van der Waals surface area (Å²) in [5, 5.41) is 14.2. The summed E-state index contributed by atoms with van der Waals surface area (Å²) in [7, 11) is 1.36. The monoisotopic (exact) mass is 315 g/mol. The molecule has 0 radical (unpaired) electrons. The largest absolute Gasteiger partial charge is 0.490 e. The SMILES string of the molecule is COc1ccc(C(=O)N2CCNC(C)C2)cc1[N+](=O)[O-].Cl. The lowest BCUT2D eigenvalue weighted by Gasteiger charge is -2.31. The summed E-state index contributed by atoms with van der Waals surface area (Å²) < 4.78 is 4.93. The first-order valence-corrected chi connectivity index (χ1v) is 6.38. The lowest BCUT2D eigenvalue weighted by Crippen LogP contribution is -2.51. The molecule has 21 heavy (non-hydrogen) atoms. The van der Waals surface area contributed by atoms with Crippen LogP contribution in [0, 0.1) is 10.1 Å². The first kappa shape index (κ1) is 17.2. The van der Waals surface area contributed by atoms with Crippen LogP contribution in [0.1, 0.15) is 17.3 Å². The molecule has 0 spiro atoms. The predicted molar refractivity (Wildman–Crippen MR) is 80.3 cm³/mol. The molecule has 1 aliphatic heterocycles. The standard InChI is InChI=1S/C13H17N3O4.ClH/c1-9-8-15(6-5-14-9)13(17)10-3-4-12(20-2)11(7-10)16(18)19;/h3-4,7,9,14H,5-6,8H2,1-2H3;1H. The van der Waals surface area contributed by atoms with Crippen molar-refractivity contribution >= 4 is 24.0 Å². The number of nitrogens with one attached hydrogen (secondary N) is 1. The molecule has 1 aliphatic rings. The number of rotatable bonds is 3. The van der Waals surface area contributed by atoms with Crippen molar-refractivity contribution < 1.29 is 14.5 Å². The Morgan fingerprint density at radius 3 is 2.81 bits per heavy atom. The molecule has 1 atom stereocenters. The van der Waals surface area contributed by atoms with E-state index in [0.29, 0.717) is 18.7 Å². The van der Waals surface area contributed by atoms with Crippen molar-refractivity contribution in [1.29, 1.82) is 0 Å². The molecular weight excluding hydrogens is 298 g/mol. The number of amides is 1. The van der Waals surface area contributed by atoms with Crippen molar-refractivity contribution in [3.8, 4) is 5.75 Å². The molecule has 116 valence electrons. The number of nitro groups is 1. The molecule has 0 bridgehead atoms. The number of piperazine rings is 1. The van der Waals surface area contributed by atoms with E-state index >= 15 is 0 Å². The fourth-order valence-corrected chi connectivity index (χ4v) is 2.27. The van der Waals surface area contributed by atoms with E-state index < -0.39 is 4.92 Å². The van der Waals surface area contributed by atoms with Gasteiger partial charge in [-0.05, 0) is 19.1 Å². The fraction of sp³-hybridized carbons (Fsp3) is 0.462. The highest BCUT2D eigenvalue weighted by Crippen LogP contribution is 2.28. The van der Waals surface area contributed by atoms with Crippen LogP contribution in [-0.2, 0) is 0 Å². The fourth-order valence-electron chi connectivity index (χ4n) is 2.27. The summed E-state index contributed by atoms with van der Waals surface area (Å²) in [6.07, 6.45) is 0. The topological polar surface area (TPSA) is 84.7 Å². The zero-order valence-corrected chi connectivity index (χ0v) is 12.7. The van der Waals surface area contributed by atoms with Crippen molar-refractivity contribution in [2.24, 2.45) is 0 Å². The van der Waals surface area contributed by atoms with Gasteiger partial charge < -0.3 is 15.0 Å². The first-order chi connectivity index (χ1) is 9.52. The van der Waals surface area contributed by atoms with E-state index in [1.54, 1.807) is 11.0 Å². The number of carbonyl (C=O) groups excluding carboxylic acids is 1. The van der Waals surface area contributed by atoms with Crippen LogP contribution < -0.4 is 10.1 Å². The van der Waals surface area contributed by atoms with Crippen molar-refractivity contribution in [3.05, 3.63) is 33.9 Å². The number of hydrogen-bond acceptors (Lipinski definition) is 5. The van der Waals surface area contributed by atoms with Gasteiger partial charge in [-0.2, -0.15) is 0 Å². The Balaban J connectivity index is 0.00000220. The summed E-state index contributed by atoms with van der Waals surface area (Å²) in [5.41, 5.74) is 0.119. The first-order valence-electron chi connectivity index (χ1n) is 6.38. The second-order valence-electron chi connectivity index (χ2n) is 4.75. The number of ether oxygens (including phenoxy) is 1. The summed E-state index contributed by atoms with van der Waals surface area (Å²) in [6.45, 7) is 3.92. The molecule has 1 amide bonds. The molecule has 0 aromatic heterocycles. The van der Waals surface area contributed by atoms with Gasteiger partial charge in [0, 0.05) is 37.3 Å². The van der Waals surface area contributed by atoms with Crippen LogP contribution in [0.25, 0.3) is 0 Å². The highest BCUT2D eigenvalue weighted by molar-refractivity contribution is 5.95. The van der Waals surface area contributed by atoms with Gasteiger partial charge in [0.15, 0.2) is 5.75 Å². The number of benzene rings is 1. The van der Waals surface area contributed by atoms with E-state index in [1.807, 2.05) is 6.92 Å². The average Bonchev–Trinajstić information content (AvgIpc) is 2.45. The average molecular weight is 316 g/mol. The summed E-state index contributed by atoms with van der Waals surface area (Å²) in [6, 6.07) is 4.51. The van der Waals surface area contributed by atoms with Crippen molar-refractivity contribution in [2.45, 2.75) is 13.0 Å². The van der Waals surface area contributed by atoms with Crippen LogP contribution in [0.5, 0.6) is 5.75 Å². The summed E-state index contributed by atoms with van der Waals surface area (Å²) in [5.74, 6) is -0.0377. The minimum Gasteiger partial charge on any atom is -0.490 e. The Kier molecular flexibility index (Phi) is 5.92. The van der Waals surface area contributed by atoms with E-state index in [9.17, 15) is 14.9 Å². The van der Waals surface area contributed by atoms with Crippen molar-refractivity contribution in [2.75, 3.05) is 26.7 Å². The lowest BCUT2D eigenvalue weighted by atomic mass is 10.1. The summed E-state index contributed by atoms with van der Waals surface area (Å²) >= 11 is 0. The highest BCUT2D eigenvalue weighted by Gasteiger charge is 2.24. The lowest BCUT2D eigenvalue weighted by molar-refractivity contribution is -0.385. The molecule has 1 saturated heterocycles.